The number of amides is 1. The third-order valence-electron chi connectivity index (χ3n) is 5.55. The lowest BCUT2D eigenvalue weighted by Crippen LogP contribution is -2.48. The number of hydrogen-bond donors (Lipinski definition) is 0. The Balaban J connectivity index is 1.35. The lowest BCUT2D eigenvalue weighted by atomic mass is 10.1. The third-order valence-corrected chi connectivity index (χ3v) is 5.55. The minimum Gasteiger partial charge on any atom is -0.353 e. The minimum absolute atomic E-state index is 0.0632. The van der Waals surface area contributed by atoms with E-state index in [0.29, 0.717) is 26.2 Å². The lowest BCUT2D eigenvalue weighted by Gasteiger charge is -2.35. The van der Waals surface area contributed by atoms with E-state index >= 15 is 0 Å². The molecule has 1 aromatic carbocycles. The Morgan fingerprint density at radius 1 is 0.933 bits per heavy atom. The number of rotatable bonds is 4. The van der Waals surface area contributed by atoms with Crippen LogP contribution in [0.5, 0.6) is 0 Å². The van der Waals surface area contributed by atoms with Crippen LogP contribution in [0.4, 0.5) is 20.5 Å². The van der Waals surface area contributed by atoms with Crippen molar-refractivity contribution >= 4 is 23.7 Å². The van der Waals surface area contributed by atoms with Crippen LogP contribution in [-0.2, 0) is 4.79 Å². The van der Waals surface area contributed by atoms with Gasteiger partial charge in [0.05, 0.1) is 0 Å². The Morgan fingerprint density at radius 2 is 1.70 bits per heavy atom. The second-order valence-electron chi connectivity index (χ2n) is 7.57. The molecule has 0 bridgehead atoms. The molecule has 2 aliphatic rings. The number of piperidine rings is 1. The van der Waals surface area contributed by atoms with Crippen LogP contribution in [0, 0.1) is 11.6 Å². The summed E-state index contributed by atoms with van der Waals surface area (Å²) in [6.07, 6.45) is 8.00. The molecule has 8 heteroatoms. The molecular formula is C22H25F2N5O. The zero-order chi connectivity index (χ0) is 20.9. The first kappa shape index (κ1) is 20.3. The summed E-state index contributed by atoms with van der Waals surface area (Å²) in [6, 6.07) is 5.08. The molecule has 0 aliphatic carbocycles. The van der Waals surface area contributed by atoms with E-state index < -0.39 is 11.6 Å². The highest BCUT2D eigenvalue weighted by Gasteiger charge is 2.22. The predicted octanol–water partition coefficient (Wildman–Crippen LogP) is 3.11. The number of carbonyl (C=O) groups excluding carboxylic acids is 1. The first-order valence-electron chi connectivity index (χ1n) is 10.4. The van der Waals surface area contributed by atoms with Gasteiger partial charge in [0, 0.05) is 57.1 Å². The topological polar surface area (TPSA) is 52.6 Å². The molecule has 0 saturated carbocycles. The molecule has 4 rings (SSSR count). The van der Waals surface area contributed by atoms with Crippen LogP contribution in [0.25, 0.3) is 6.08 Å². The van der Waals surface area contributed by atoms with Gasteiger partial charge in [0.25, 0.3) is 0 Å². The second-order valence-corrected chi connectivity index (χ2v) is 7.57. The minimum atomic E-state index is -0.557. The van der Waals surface area contributed by atoms with Crippen molar-refractivity contribution in [2.75, 3.05) is 49.1 Å². The highest BCUT2D eigenvalue weighted by Crippen LogP contribution is 2.20. The monoisotopic (exact) mass is 413 g/mol. The van der Waals surface area contributed by atoms with E-state index in [-0.39, 0.29) is 11.5 Å². The molecule has 2 fully saturated rings. The molecule has 1 amide bonds. The average Bonchev–Trinajstić information content (AvgIpc) is 2.80. The van der Waals surface area contributed by atoms with Crippen molar-refractivity contribution in [2.24, 2.45) is 0 Å². The fourth-order valence-electron chi connectivity index (χ4n) is 3.83. The van der Waals surface area contributed by atoms with E-state index in [2.05, 4.69) is 14.8 Å². The number of hydrogen-bond acceptors (Lipinski definition) is 5. The Bertz CT molecular complexity index is 921. The van der Waals surface area contributed by atoms with Gasteiger partial charge in [-0.15, -0.1) is 0 Å². The number of aromatic nitrogens is 2. The van der Waals surface area contributed by atoms with Crippen molar-refractivity contribution in [1.82, 2.24) is 14.9 Å². The van der Waals surface area contributed by atoms with E-state index in [1.165, 1.54) is 31.4 Å². The van der Waals surface area contributed by atoms with Crippen molar-refractivity contribution < 1.29 is 13.6 Å². The smallest absolute Gasteiger partial charge is 0.246 e. The summed E-state index contributed by atoms with van der Waals surface area (Å²) in [4.78, 5) is 27.7. The normalized spacial score (nSPS) is 17.6. The van der Waals surface area contributed by atoms with Gasteiger partial charge in [0.2, 0.25) is 11.9 Å². The summed E-state index contributed by atoms with van der Waals surface area (Å²) in [5.74, 6) is 0.334. The standard InChI is InChI=1S/C22H25F2N5O/c23-18-5-6-19(24)17(16-18)4-7-21(30)28-14-12-27(13-15-28)20-8-9-25-22(26-20)29-10-2-1-3-11-29/h4-9,16H,1-3,10-15H2/b7-4+. The highest BCUT2D eigenvalue weighted by molar-refractivity contribution is 5.92. The molecule has 6 nitrogen and oxygen atoms in total. The summed E-state index contributed by atoms with van der Waals surface area (Å²) in [5.41, 5.74) is 0.0632. The van der Waals surface area contributed by atoms with Crippen LogP contribution >= 0.6 is 0 Å². The number of anilines is 2. The SMILES string of the molecule is O=C(/C=C/c1cc(F)ccc1F)N1CCN(c2ccnc(N3CCCCC3)n2)CC1. The molecule has 0 unspecified atom stereocenters. The number of nitrogens with zero attached hydrogens (tertiary/aromatic N) is 5. The number of carbonyl (C=O) groups is 1. The summed E-state index contributed by atoms with van der Waals surface area (Å²) in [5, 5.41) is 0. The van der Waals surface area contributed by atoms with Gasteiger partial charge in [-0.3, -0.25) is 4.79 Å². The summed E-state index contributed by atoms with van der Waals surface area (Å²) >= 11 is 0. The quantitative estimate of drug-likeness (QED) is 0.721. The molecule has 0 radical (unpaired) electrons. The van der Waals surface area contributed by atoms with Crippen molar-refractivity contribution in [1.29, 1.82) is 0 Å². The molecule has 0 N–H and O–H groups in total. The third kappa shape index (κ3) is 4.75. The van der Waals surface area contributed by atoms with Crippen LogP contribution in [-0.4, -0.2) is 60.0 Å². The highest BCUT2D eigenvalue weighted by atomic mass is 19.1. The van der Waals surface area contributed by atoms with E-state index in [4.69, 9.17) is 4.98 Å². The van der Waals surface area contributed by atoms with Gasteiger partial charge in [0.15, 0.2) is 0 Å². The van der Waals surface area contributed by atoms with Crippen LogP contribution in [0.2, 0.25) is 0 Å². The Kier molecular flexibility index (Phi) is 6.21. The van der Waals surface area contributed by atoms with Gasteiger partial charge >= 0.3 is 0 Å². The van der Waals surface area contributed by atoms with E-state index in [9.17, 15) is 13.6 Å². The molecular weight excluding hydrogens is 388 g/mol. The molecule has 30 heavy (non-hydrogen) atoms. The van der Waals surface area contributed by atoms with Crippen molar-refractivity contribution in [3.63, 3.8) is 0 Å². The second kappa shape index (κ2) is 9.19. The Labute approximate surface area is 174 Å². The maximum absolute atomic E-state index is 13.7. The fraction of sp³-hybridized carbons (Fsp3) is 0.409. The summed E-state index contributed by atoms with van der Waals surface area (Å²) < 4.78 is 27.0. The van der Waals surface area contributed by atoms with Gasteiger partial charge in [-0.1, -0.05) is 0 Å². The number of piperazine rings is 1. The fourth-order valence-corrected chi connectivity index (χ4v) is 3.83. The zero-order valence-corrected chi connectivity index (χ0v) is 16.8. The van der Waals surface area contributed by atoms with Gasteiger partial charge < -0.3 is 14.7 Å². The molecule has 2 saturated heterocycles. The Morgan fingerprint density at radius 3 is 2.47 bits per heavy atom. The largest absolute Gasteiger partial charge is 0.353 e. The van der Waals surface area contributed by atoms with Gasteiger partial charge in [-0.05, 0) is 49.6 Å². The molecule has 0 atom stereocenters. The molecule has 3 heterocycles. The number of benzene rings is 1. The molecule has 2 aliphatic heterocycles. The van der Waals surface area contributed by atoms with E-state index in [1.54, 1.807) is 11.1 Å². The van der Waals surface area contributed by atoms with Gasteiger partial charge in [-0.2, -0.15) is 4.98 Å². The maximum atomic E-state index is 13.7. The van der Waals surface area contributed by atoms with Gasteiger partial charge in [0.1, 0.15) is 17.5 Å². The predicted molar refractivity (Wildman–Crippen MR) is 112 cm³/mol. The van der Waals surface area contributed by atoms with E-state index in [1.807, 2.05) is 6.07 Å². The maximum Gasteiger partial charge on any atom is 0.246 e. The first-order chi connectivity index (χ1) is 14.6. The Hall–Kier alpha value is -3.03. The van der Waals surface area contributed by atoms with Crippen LogP contribution in [0.1, 0.15) is 24.8 Å². The summed E-state index contributed by atoms with van der Waals surface area (Å²) in [7, 11) is 0. The van der Waals surface area contributed by atoms with Crippen molar-refractivity contribution in [2.45, 2.75) is 19.3 Å². The van der Waals surface area contributed by atoms with E-state index in [0.717, 1.165) is 43.1 Å². The van der Waals surface area contributed by atoms with Crippen LogP contribution in [0.3, 0.4) is 0 Å². The average molecular weight is 413 g/mol. The molecule has 2 aromatic rings. The van der Waals surface area contributed by atoms with Crippen LogP contribution in [0.15, 0.2) is 36.5 Å². The molecule has 0 spiro atoms. The molecule has 158 valence electrons. The summed E-state index contributed by atoms with van der Waals surface area (Å²) in [6.45, 7) is 4.37. The van der Waals surface area contributed by atoms with Crippen LogP contribution < -0.4 is 9.80 Å². The first-order valence-corrected chi connectivity index (χ1v) is 10.4. The van der Waals surface area contributed by atoms with Gasteiger partial charge in [-0.25, -0.2) is 13.8 Å². The van der Waals surface area contributed by atoms with Crippen molar-refractivity contribution in [3.8, 4) is 0 Å². The molecule has 1 aromatic heterocycles. The zero-order valence-electron chi connectivity index (χ0n) is 16.8. The van der Waals surface area contributed by atoms with Crippen molar-refractivity contribution in [3.05, 3.63) is 53.7 Å². The lowest BCUT2D eigenvalue weighted by molar-refractivity contribution is -0.126. The number of halogens is 2.